The summed E-state index contributed by atoms with van der Waals surface area (Å²) in [6.45, 7) is 2.81. The number of ether oxygens (including phenoxy) is 2. The number of rotatable bonds is 5. The molecule has 4 aromatic rings. The highest BCUT2D eigenvalue weighted by Gasteiger charge is 2.21. The van der Waals surface area contributed by atoms with Gasteiger partial charge in [-0.3, -0.25) is 9.20 Å². The van der Waals surface area contributed by atoms with Gasteiger partial charge < -0.3 is 9.47 Å². The van der Waals surface area contributed by atoms with Gasteiger partial charge in [-0.1, -0.05) is 30.0 Å². The molecule has 1 unspecified atom stereocenters. The van der Waals surface area contributed by atoms with Crippen LogP contribution in [0.5, 0.6) is 5.75 Å². The third-order valence-corrected chi connectivity index (χ3v) is 6.70. The van der Waals surface area contributed by atoms with E-state index in [4.69, 9.17) is 9.47 Å². The molecule has 0 N–H and O–H groups in total. The number of benzene rings is 2. The van der Waals surface area contributed by atoms with Crippen molar-refractivity contribution in [3.05, 3.63) is 58.4 Å². The normalized spacial score (nSPS) is 16.8. The summed E-state index contributed by atoms with van der Waals surface area (Å²) in [7, 11) is 1.60. The van der Waals surface area contributed by atoms with Gasteiger partial charge in [0.1, 0.15) is 5.75 Å². The monoisotopic (exact) mass is 436 g/mol. The van der Waals surface area contributed by atoms with E-state index < -0.39 is 0 Å². The average molecular weight is 437 g/mol. The molecular formula is C23H24N4O3S. The van der Waals surface area contributed by atoms with Gasteiger partial charge in [0.2, 0.25) is 5.78 Å². The van der Waals surface area contributed by atoms with Crippen LogP contribution in [0.4, 0.5) is 0 Å². The van der Waals surface area contributed by atoms with Crippen LogP contribution in [-0.2, 0) is 4.74 Å². The molecule has 2 aromatic carbocycles. The first-order chi connectivity index (χ1) is 15.2. The van der Waals surface area contributed by atoms with Crippen molar-refractivity contribution in [1.82, 2.24) is 19.2 Å². The summed E-state index contributed by atoms with van der Waals surface area (Å²) >= 11 is 1.62. The van der Waals surface area contributed by atoms with E-state index in [0.29, 0.717) is 22.6 Å². The summed E-state index contributed by atoms with van der Waals surface area (Å²) in [6, 6.07) is 13.3. The zero-order valence-corrected chi connectivity index (χ0v) is 18.4. The SMILES string of the molecule is COc1ccc(C)cc1-n1c(=O)c2ccccc2n2c(SCC3CCCCO3)nnc12. The summed E-state index contributed by atoms with van der Waals surface area (Å²) in [5, 5.41) is 10.2. The second kappa shape index (κ2) is 8.36. The van der Waals surface area contributed by atoms with Crippen LogP contribution in [-0.4, -0.2) is 44.7 Å². The van der Waals surface area contributed by atoms with Gasteiger partial charge in [0, 0.05) is 12.4 Å². The quantitative estimate of drug-likeness (QED) is 0.440. The molecule has 0 saturated carbocycles. The average Bonchev–Trinajstić information content (AvgIpc) is 3.22. The maximum Gasteiger partial charge on any atom is 0.267 e. The van der Waals surface area contributed by atoms with Gasteiger partial charge in [-0.15, -0.1) is 10.2 Å². The minimum atomic E-state index is -0.147. The molecule has 0 radical (unpaired) electrons. The fraction of sp³-hybridized carbons (Fsp3) is 0.348. The van der Waals surface area contributed by atoms with E-state index >= 15 is 0 Å². The number of nitrogens with zero attached hydrogens (tertiary/aromatic N) is 4. The van der Waals surface area contributed by atoms with Gasteiger partial charge in [0.15, 0.2) is 5.16 Å². The summed E-state index contributed by atoms with van der Waals surface area (Å²) in [4.78, 5) is 13.5. The lowest BCUT2D eigenvalue weighted by Gasteiger charge is -2.21. The molecule has 8 heteroatoms. The molecule has 1 saturated heterocycles. The van der Waals surface area contributed by atoms with Crippen LogP contribution in [0.1, 0.15) is 24.8 Å². The third kappa shape index (κ3) is 3.59. The van der Waals surface area contributed by atoms with E-state index in [1.165, 1.54) is 6.42 Å². The molecule has 1 aliphatic rings. The molecule has 31 heavy (non-hydrogen) atoms. The highest BCUT2D eigenvalue weighted by atomic mass is 32.2. The summed E-state index contributed by atoms with van der Waals surface area (Å²) in [6.07, 6.45) is 3.61. The Labute approximate surface area is 184 Å². The van der Waals surface area contributed by atoms with Crippen molar-refractivity contribution in [3.8, 4) is 11.4 Å². The highest BCUT2D eigenvalue weighted by molar-refractivity contribution is 7.99. The molecule has 0 spiro atoms. The van der Waals surface area contributed by atoms with Crippen LogP contribution >= 0.6 is 11.8 Å². The highest BCUT2D eigenvalue weighted by Crippen LogP contribution is 2.29. The van der Waals surface area contributed by atoms with Crippen LogP contribution in [0.15, 0.2) is 52.4 Å². The molecule has 1 atom stereocenters. The lowest BCUT2D eigenvalue weighted by atomic mass is 10.1. The molecule has 160 valence electrons. The van der Waals surface area contributed by atoms with E-state index in [0.717, 1.165) is 41.4 Å². The van der Waals surface area contributed by atoms with Crippen molar-refractivity contribution in [1.29, 1.82) is 0 Å². The molecule has 3 heterocycles. The first kappa shape index (κ1) is 20.1. The molecule has 2 aromatic heterocycles. The topological polar surface area (TPSA) is 70.7 Å². The second-order valence-electron chi connectivity index (χ2n) is 7.75. The third-order valence-electron chi connectivity index (χ3n) is 5.64. The number of hydrogen-bond donors (Lipinski definition) is 0. The maximum absolute atomic E-state index is 13.5. The number of aromatic nitrogens is 4. The first-order valence-electron chi connectivity index (χ1n) is 10.5. The Morgan fingerprint density at radius 3 is 2.87 bits per heavy atom. The van der Waals surface area contributed by atoms with Crippen molar-refractivity contribution >= 4 is 28.4 Å². The van der Waals surface area contributed by atoms with Gasteiger partial charge >= 0.3 is 0 Å². The van der Waals surface area contributed by atoms with Gasteiger partial charge in [0.25, 0.3) is 5.56 Å². The Balaban J connectivity index is 1.71. The number of para-hydroxylation sites is 1. The zero-order valence-electron chi connectivity index (χ0n) is 17.6. The standard InChI is InChI=1S/C23H24N4O3S/c1-15-10-11-20(29-2)19(13-15)26-21(28)17-8-3-4-9-18(17)27-22(26)24-25-23(27)31-14-16-7-5-6-12-30-16/h3-4,8-11,13,16H,5-7,12,14H2,1-2H3. The Bertz CT molecular complexity index is 1310. The van der Waals surface area contributed by atoms with E-state index in [2.05, 4.69) is 10.2 Å². The van der Waals surface area contributed by atoms with Crippen molar-refractivity contribution in [2.24, 2.45) is 0 Å². The summed E-state index contributed by atoms with van der Waals surface area (Å²) in [5.74, 6) is 1.89. The lowest BCUT2D eigenvalue weighted by molar-refractivity contribution is 0.0315. The number of thioether (sulfide) groups is 1. The van der Waals surface area contributed by atoms with E-state index in [-0.39, 0.29) is 11.7 Å². The number of aryl methyl sites for hydroxylation is 1. The van der Waals surface area contributed by atoms with Crippen molar-refractivity contribution in [2.75, 3.05) is 19.5 Å². The van der Waals surface area contributed by atoms with E-state index in [9.17, 15) is 4.79 Å². The Hall–Kier alpha value is -2.84. The number of hydrogen-bond acceptors (Lipinski definition) is 6. The number of methoxy groups -OCH3 is 1. The van der Waals surface area contributed by atoms with Crippen LogP contribution in [0, 0.1) is 6.92 Å². The molecule has 0 aliphatic carbocycles. The number of fused-ring (bicyclic) bond motifs is 3. The molecule has 5 rings (SSSR count). The van der Waals surface area contributed by atoms with Crippen molar-refractivity contribution < 1.29 is 9.47 Å². The van der Waals surface area contributed by atoms with E-state index in [1.807, 2.05) is 53.8 Å². The van der Waals surface area contributed by atoms with Gasteiger partial charge in [-0.25, -0.2) is 4.57 Å². The smallest absolute Gasteiger partial charge is 0.267 e. The molecule has 1 fully saturated rings. The van der Waals surface area contributed by atoms with Crippen LogP contribution < -0.4 is 10.3 Å². The van der Waals surface area contributed by atoms with Crippen LogP contribution in [0.3, 0.4) is 0 Å². The Morgan fingerprint density at radius 2 is 2.06 bits per heavy atom. The molecule has 1 aliphatic heterocycles. The molecule has 0 amide bonds. The predicted molar refractivity (Wildman–Crippen MR) is 122 cm³/mol. The lowest BCUT2D eigenvalue weighted by Crippen LogP contribution is -2.23. The minimum absolute atomic E-state index is 0.147. The molecular weight excluding hydrogens is 412 g/mol. The molecule has 0 bridgehead atoms. The van der Waals surface area contributed by atoms with Crippen LogP contribution in [0.25, 0.3) is 22.4 Å². The van der Waals surface area contributed by atoms with Crippen molar-refractivity contribution in [3.63, 3.8) is 0 Å². The Kier molecular flexibility index (Phi) is 5.41. The first-order valence-corrected chi connectivity index (χ1v) is 11.4. The van der Waals surface area contributed by atoms with Gasteiger partial charge in [-0.05, 0) is 56.0 Å². The second-order valence-corrected chi connectivity index (χ2v) is 8.74. The zero-order chi connectivity index (χ0) is 21.4. The summed E-state index contributed by atoms with van der Waals surface area (Å²) in [5.41, 5.74) is 2.33. The fourth-order valence-corrected chi connectivity index (χ4v) is 5.08. The minimum Gasteiger partial charge on any atom is -0.495 e. The van der Waals surface area contributed by atoms with Gasteiger partial charge in [-0.2, -0.15) is 0 Å². The predicted octanol–water partition coefficient (Wildman–Crippen LogP) is 4.01. The van der Waals surface area contributed by atoms with Gasteiger partial charge in [0.05, 0.1) is 29.8 Å². The van der Waals surface area contributed by atoms with Crippen LogP contribution in [0.2, 0.25) is 0 Å². The van der Waals surface area contributed by atoms with Crippen molar-refractivity contribution in [2.45, 2.75) is 37.4 Å². The van der Waals surface area contributed by atoms with E-state index in [1.54, 1.807) is 23.4 Å². The molecule has 7 nitrogen and oxygen atoms in total. The largest absolute Gasteiger partial charge is 0.495 e. The fourth-order valence-electron chi connectivity index (χ4n) is 4.07. The Morgan fingerprint density at radius 1 is 1.19 bits per heavy atom. The summed E-state index contributed by atoms with van der Waals surface area (Å²) < 4.78 is 15.0. The maximum atomic E-state index is 13.5.